The van der Waals surface area contributed by atoms with Crippen LogP contribution >= 0.6 is 0 Å². The SMILES string of the molecule is c1ccc(-n2c3ccccc3c3cc(N(c4ccc5c(c4)c4ccccc4n5-c4ccccc4)c4ccc5c6cccc7c8ccccc8n(c5c4)c76)ccc32)cc1.c1ccc2c(c1)oc1cc(-c3ccc(N(c4ccc5c6ccccc6c6ccccc6c5c4)c4ccc5c6cccc7c8ccccc8n(c5c4)c76)cc3)ccc12. The first-order valence-corrected chi connectivity index (χ1v) is 39.5. The van der Waals surface area contributed by atoms with E-state index in [1.807, 2.05) is 12.1 Å². The number of rotatable bonds is 9. The second-order valence-electron chi connectivity index (χ2n) is 30.6. The van der Waals surface area contributed by atoms with Crippen LogP contribution in [0.3, 0.4) is 0 Å². The minimum atomic E-state index is 0.904. The molecule has 19 aromatic carbocycles. The average Bonchev–Trinajstić information content (AvgIpc) is 1.53. The third-order valence-electron chi connectivity index (χ3n) is 24.6. The molecular weight excluding hydrogens is 1400 g/mol. The molecule has 534 valence electrons. The minimum absolute atomic E-state index is 0.904. The lowest BCUT2D eigenvalue weighted by molar-refractivity contribution is 0.669. The lowest BCUT2D eigenvalue weighted by Crippen LogP contribution is -2.10. The van der Waals surface area contributed by atoms with Crippen molar-refractivity contribution in [2.45, 2.75) is 0 Å². The first-order valence-electron chi connectivity index (χ1n) is 39.5. The molecule has 7 heteroatoms. The molecule has 0 atom stereocenters. The highest BCUT2D eigenvalue weighted by Gasteiger charge is 2.26. The number of para-hydroxylation sites is 9. The van der Waals surface area contributed by atoms with Crippen molar-refractivity contribution in [2.75, 3.05) is 9.80 Å². The molecule has 7 nitrogen and oxygen atoms in total. The predicted molar refractivity (Wildman–Crippen MR) is 485 cm³/mol. The lowest BCUT2D eigenvalue weighted by Gasteiger charge is -2.26. The van der Waals surface area contributed by atoms with E-state index < -0.39 is 0 Å². The first-order chi connectivity index (χ1) is 57.1. The Morgan fingerprint density at radius 2 is 0.470 bits per heavy atom. The van der Waals surface area contributed by atoms with Gasteiger partial charge in [0.1, 0.15) is 11.2 Å². The number of fused-ring (bicyclic) bond motifs is 27. The highest BCUT2D eigenvalue weighted by atomic mass is 16.3. The first kappa shape index (κ1) is 63.3. The Labute approximate surface area is 658 Å². The monoisotopic (exact) mass is 1460 g/mol. The summed E-state index contributed by atoms with van der Waals surface area (Å²) < 4.78 is 16.0. The van der Waals surface area contributed by atoms with E-state index in [2.05, 4.69) is 416 Å². The Morgan fingerprint density at radius 3 is 0.957 bits per heavy atom. The van der Waals surface area contributed by atoms with Gasteiger partial charge in [-0.2, -0.15) is 0 Å². The van der Waals surface area contributed by atoms with E-state index in [1.165, 1.54) is 152 Å². The van der Waals surface area contributed by atoms with Crippen molar-refractivity contribution in [2.24, 2.45) is 0 Å². The van der Waals surface area contributed by atoms with Crippen molar-refractivity contribution in [3.05, 3.63) is 400 Å². The van der Waals surface area contributed by atoms with Gasteiger partial charge in [-0.15, -0.1) is 0 Å². The Morgan fingerprint density at radius 1 is 0.165 bits per heavy atom. The normalized spacial score (nSPS) is 12.2. The zero-order valence-corrected chi connectivity index (χ0v) is 62.2. The van der Waals surface area contributed by atoms with Crippen LogP contribution in [0, 0.1) is 0 Å². The molecule has 0 amide bonds. The number of benzene rings is 19. The number of hydrogen-bond donors (Lipinski definition) is 0. The van der Waals surface area contributed by atoms with Gasteiger partial charge < -0.3 is 32.2 Å². The smallest absolute Gasteiger partial charge is 0.136 e. The molecule has 0 bridgehead atoms. The van der Waals surface area contributed by atoms with E-state index in [-0.39, 0.29) is 0 Å². The van der Waals surface area contributed by atoms with Crippen molar-refractivity contribution < 1.29 is 4.42 Å². The molecule has 0 unspecified atom stereocenters. The third kappa shape index (κ3) is 9.35. The quantitative estimate of drug-likeness (QED) is 0.135. The van der Waals surface area contributed by atoms with E-state index in [4.69, 9.17) is 4.42 Å². The number of nitrogens with zero attached hydrogens (tertiary/aromatic N) is 6. The Hall–Kier alpha value is -15.4. The van der Waals surface area contributed by atoms with Crippen molar-refractivity contribution in [1.29, 1.82) is 0 Å². The summed E-state index contributed by atoms with van der Waals surface area (Å²) in [6.45, 7) is 0. The van der Waals surface area contributed by atoms with Crippen LogP contribution in [-0.4, -0.2) is 17.9 Å². The zero-order valence-electron chi connectivity index (χ0n) is 62.2. The van der Waals surface area contributed by atoms with Gasteiger partial charge in [0.05, 0.1) is 55.2 Å². The molecule has 0 saturated carbocycles. The second kappa shape index (κ2) is 24.5. The number of anilines is 6. The van der Waals surface area contributed by atoms with Crippen LogP contribution < -0.4 is 9.80 Å². The topological polar surface area (TPSA) is 38.3 Å². The summed E-state index contributed by atoms with van der Waals surface area (Å²) in [5.41, 5.74) is 25.2. The van der Waals surface area contributed by atoms with Crippen molar-refractivity contribution in [3.8, 4) is 22.5 Å². The summed E-state index contributed by atoms with van der Waals surface area (Å²) in [5.74, 6) is 0. The Bertz CT molecular complexity index is 8300. The fourth-order valence-electron chi connectivity index (χ4n) is 19.7. The molecule has 0 aliphatic heterocycles. The van der Waals surface area contributed by atoms with Gasteiger partial charge in [-0.05, 0) is 195 Å². The summed E-state index contributed by atoms with van der Waals surface area (Å²) >= 11 is 0. The van der Waals surface area contributed by atoms with Crippen LogP contribution in [0.15, 0.2) is 405 Å². The second-order valence-corrected chi connectivity index (χ2v) is 30.6. The lowest BCUT2D eigenvalue weighted by atomic mass is 9.94. The third-order valence-corrected chi connectivity index (χ3v) is 24.6. The fraction of sp³-hybridized carbons (Fsp3) is 0. The van der Waals surface area contributed by atoms with Gasteiger partial charge in [-0.1, -0.05) is 249 Å². The van der Waals surface area contributed by atoms with Crippen molar-refractivity contribution in [3.63, 3.8) is 0 Å². The molecule has 0 N–H and O–H groups in total. The summed E-state index contributed by atoms with van der Waals surface area (Å²) in [6, 6.07) is 146. The maximum Gasteiger partial charge on any atom is 0.136 e. The molecule has 7 heterocycles. The predicted octanol–water partition coefficient (Wildman–Crippen LogP) is 29.8. The molecule has 0 aliphatic rings. The van der Waals surface area contributed by atoms with Gasteiger partial charge in [-0.3, -0.25) is 0 Å². The summed E-state index contributed by atoms with van der Waals surface area (Å²) in [4.78, 5) is 4.87. The van der Waals surface area contributed by atoms with Crippen LogP contribution in [0.1, 0.15) is 0 Å². The van der Waals surface area contributed by atoms with Gasteiger partial charge in [0.2, 0.25) is 0 Å². The van der Waals surface area contributed by atoms with E-state index in [0.29, 0.717) is 0 Å². The molecule has 7 aromatic heterocycles. The summed E-state index contributed by atoms with van der Waals surface area (Å²) in [5, 5.41) is 25.0. The molecule has 115 heavy (non-hydrogen) atoms. The van der Waals surface area contributed by atoms with Crippen LogP contribution in [0.25, 0.3) is 197 Å². The van der Waals surface area contributed by atoms with Crippen LogP contribution in [-0.2, 0) is 0 Å². The highest BCUT2D eigenvalue weighted by molar-refractivity contribution is 6.28. The van der Waals surface area contributed by atoms with E-state index in [0.717, 1.165) is 78.6 Å². The Balaban J connectivity index is 0.000000129. The van der Waals surface area contributed by atoms with Gasteiger partial charge in [0.15, 0.2) is 0 Å². The highest BCUT2D eigenvalue weighted by Crippen LogP contribution is 2.49. The van der Waals surface area contributed by atoms with Crippen molar-refractivity contribution >= 4 is 208 Å². The summed E-state index contributed by atoms with van der Waals surface area (Å²) in [7, 11) is 0. The van der Waals surface area contributed by atoms with E-state index in [1.54, 1.807) is 0 Å². The van der Waals surface area contributed by atoms with E-state index in [9.17, 15) is 0 Å². The average molecular weight is 1460 g/mol. The molecule has 26 rings (SSSR count). The number of furan rings is 1. The fourth-order valence-corrected chi connectivity index (χ4v) is 19.7. The van der Waals surface area contributed by atoms with Gasteiger partial charge in [-0.25, -0.2) is 0 Å². The number of hydrogen-bond acceptors (Lipinski definition) is 3. The standard InChI is InChI=1S/C54H34N4.C54H32N2O/c1-3-14-35(15-4-1)56-48-23-10-8-19-41(48)46-32-37(27-30-51(46)56)55(38-28-31-52-47(33-38)42-20-9-11-24-49(42)57(52)36-16-5-2-6-17-36)39-26-29-43-45-22-13-21-44-40-18-7-12-25-50(40)58(54(44)45)53(43)34-39;1-2-12-40-38(10-1)39-11-3-4-13-41(39)49-31-36(25-28-42(40)49)55(35-23-20-33(21-24-35)34-22-27-46-45-15-6-8-19-52(45)57-53(46)30-34)37-26-29-44-48-17-9-16-47-43-14-5-7-18-50(43)56(54(47)48)51(44)32-37/h1-34H;1-32H. The molecule has 0 aliphatic carbocycles. The maximum atomic E-state index is 6.28. The van der Waals surface area contributed by atoms with Gasteiger partial charge in [0, 0.05) is 121 Å². The molecule has 0 fully saturated rings. The molecule has 0 saturated heterocycles. The van der Waals surface area contributed by atoms with E-state index >= 15 is 0 Å². The van der Waals surface area contributed by atoms with Crippen molar-refractivity contribution in [1.82, 2.24) is 17.9 Å². The minimum Gasteiger partial charge on any atom is -0.456 e. The molecule has 0 spiro atoms. The maximum absolute atomic E-state index is 6.28. The summed E-state index contributed by atoms with van der Waals surface area (Å²) in [6.07, 6.45) is 0. The van der Waals surface area contributed by atoms with Crippen LogP contribution in [0.4, 0.5) is 34.1 Å². The largest absolute Gasteiger partial charge is 0.456 e. The zero-order chi connectivity index (χ0) is 75.1. The van der Waals surface area contributed by atoms with Crippen LogP contribution in [0.2, 0.25) is 0 Å². The molecule has 0 radical (unpaired) electrons. The van der Waals surface area contributed by atoms with Gasteiger partial charge in [0.25, 0.3) is 0 Å². The van der Waals surface area contributed by atoms with Gasteiger partial charge >= 0.3 is 0 Å². The Kier molecular flexibility index (Phi) is 13.5. The van der Waals surface area contributed by atoms with Crippen LogP contribution in [0.5, 0.6) is 0 Å². The number of aromatic nitrogens is 4. The molecule has 26 aromatic rings. The molecular formula is C108H66N6O.